The van der Waals surface area contributed by atoms with Crippen molar-refractivity contribution in [1.82, 2.24) is 24.6 Å². The first-order chi connectivity index (χ1) is 21.9. The van der Waals surface area contributed by atoms with Gasteiger partial charge < -0.3 is 25.3 Å². The third-order valence-electron chi connectivity index (χ3n) is 8.69. The lowest BCUT2D eigenvalue weighted by Gasteiger charge is -2.35. The number of methoxy groups -OCH3 is 1. The second-order valence-electron chi connectivity index (χ2n) is 11.5. The third kappa shape index (κ3) is 6.15. The first-order valence-electron chi connectivity index (χ1n) is 15.3. The molecule has 2 aromatic heterocycles. The van der Waals surface area contributed by atoms with Gasteiger partial charge in [0.25, 0.3) is 0 Å². The number of nitrogens with zero attached hydrogens (tertiary/aromatic N) is 7. The predicted octanol–water partition coefficient (Wildman–Crippen LogP) is 4.42. The number of benzene rings is 2. The number of fused-ring (bicyclic) bond motifs is 3. The number of anilines is 3. The minimum Gasteiger partial charge on any atom is -0.494 e. The molecule has 1 fully saturated rings. The number of aliphatic imine (C=N–C) groups is 1. The number of aryl methyl sites for hydroxylation is 3. The average molecular weight is 606 g/mol. The van der Waals surface area contributed by atoms with Gasteiger partial charge in [0.05, 0.1) is 35.8 Å². The fourth-order valence-electron chi connectivity index (χ4n) is 6.26. The van der Waals surface area contributed by atoms with Crippen LogP contribution >= 0.6 is 0 Å². The Bertz CT molecular complexity index is 1750. The highest BCUT2D eigenvalue weighted by Crippen LogP contribution is 2.37. The lowest BCUT2D eigenvalue weighted by atomic mass is 9.91. The zero-order valence-corrected chi connectivity index (χ0v) is 26.2. The lowest BCUT2D eigenvalue weighted by Crippen LogP contribution is -2.48. The highest BCUT2D eigenvalue weighted by molar-refractivity contribution is 5.89. The summed E-state index contributed by atoms with van der Waals surface area (Å²) in [4.78, 5) is 29.7. The molecule has 1 atom stereocenters. The summed E-state index contributed by atoms with van der Waals surface area (Å²) in [5.74, 6) is 1.15. The van der Waals surface area contributed by atoms with Crippen molar-refractivity contribution in [1.29, 1.82) is 5.41 Å². The highest BCUT2D eigenvalue weighted by atomic mass is 16.5. The molecule has 2 aliphatic rings. The molecule has 1 aliphatic carbocycles. The number of ether oxygens (including phenoxy) is 1. The van der Waals surface area contributed by atoms with Crippen LogP contribution in [0.1, 0.15) is 40.9 Å². The molecule has 2 N–H and O–H groups in total. The van der Waals surface area contributed by atoms with Gasteiger partial charge in [-0.25, -0.2) is 9.97 Å². The summed E-state index contributed by atoms with van der Waals surface area (Å²) >= 11 is 0. The van der Waals surface area contributed by atoms with Crippen LogP contribution in [0.4, 0.5) is 17.3 Å². The first kappa shape index (κ1) is 30.0. The van der Waals surface area contributed by atoms with Gasteiger partial charge in [0.1, 0.15) is 5.75 Å². The predicted molar refractivity (Wildman–Crippen MR) is 178 cm³/mol. The summed E-state index contributed by atoms with van der Waals surface area (Å²) in [5.41, 5.74) is 9.22. The molecule has 4 aromatic rings. The third-order valence-corrected chi connectivity index (χ3v) is 8.69. The standard InChI is InChI=1S/C34H39N9O2/c1-22(44)42-12-14-43(15-13-42)27-9-11-28(31(18-27)45-4)38-34-37-21-25-8-10-29-32(33(25)39-34)30(41(3)40-29)17-23-6-5-7-24(16-23)26(19-35)20-36-2/h5-7,9,11,16,18-21,26,35H,8,10,12-15,17H2,1-4H3,(H,37,38,39). The Morgan fingerprint density at radius 2 is 1.98 bits per heavy atom. The van der Waals surface area contributed by atoms with E-state index in [1.54, 1.807) is 27.3 Å². The average Bonchev–Trinajstić information content (AvgIpc) is 3.38. The van der Waals surface area contributed by atoms with Crippen LogP contribution in [-0.4, -0.2) is 83.3 Å². The molecule has 0 bridgehead atoms. The number of amides is 1. The zero-order chi connectivity index (χ0) is 31.5. The summed E-state index contributed by atoms with van der Waals surface area (Å²) in [6, 6.07) is 14.4. The van der Waals surface area contributed by atoms with Crippen LogP contribution in [0.25, 0.3) is 11.3 Å². The van der Waals surface area contributed by atoms with Crippen molar-refractivity contribution in [3.05, 3.63) is 76.7 Å². The SMILES string of the molecule is CN=CC(C=N)c1cccc(Cc2c3c(nn2C)CCc2cnc(Nc4ccc(N5CCN(C(C)=O)CC5)cc4OC)nc2-3)c1. The minimum atomic E-state index is -0.152. The molecule has 0 spiro atoms. The molecule has 11 nitrogen and oxygen atoms in total. The van der Waals surface area contributed by atoms with Crippen molar-refractivity contribution >= 4 is 35.7 Å². The Labute approximate surface area is 263 Å². The van der Waals surface area contributed by atoms with Gasteiger partial charge >= 0.3 is 0 Å². The number of nitrogens with one attached hydrogen (secondary N) is 2. The number of piperazine rings is 1. The fraction of sp³-hybridized carbons (Fsp3) is 0.353. The van der Waals surface area contributed by atoms with Crippen LogP contribution in [0.2, 0.25) is 0 Å². The van der Waals surface area contributed by atoms with E-state index in [2.05, 4.69) is 38.4 Å². The van der Waals surface area contributed by atoms with Gasteiger partial charge in [-0.1, -0.05) is 24.3 Å². The molecular weight excluding hydrogens is 566 g/mol. The van der Waals surface area contributed by atoms with Gasteiger partial charge in [-0.2, -0.15) is 5.10 Å². The van der Waals surface area contributed by atoms with E-state index in [1.807, 2.05) is 47.1 Å². The van der Waals surface area contributed by atoms with Gasteiger partial charge in [0.2, 0.25) is 11.9 Å². The highest BCUT2D eigenvalue weighted by Gasteiger charge is 2.27. The molecule has 0 radical (unpaired) electrons. The molecule has 232 valence electrons. The molecule has 2 aromatic carbocycles. The van der Waals surface area contributed by atoms with E-state index >= 15 is 0 Å². The van der Waals surface area contributed by atoms with Crippen molar-refractivity contribution in [2.45, 2.75) is 32.1 Å². The number of rotatable bonds is 9. The minimum absolute atomic E-state index is 0.117. The van der Waals surface area contributed by atoms with E-state index in [0.29, 0.717) is 31.2 Å². The fourth-order valence-corrected chi connectivity index (χ4v) is 6.26. The number of carbonyl (C=O) groups excluding carboxylic acids is 1. The van der Waals surface area contributed by atoms with Crippen LogP contribution in [0.3, 0.4) is 0 Å². The lowest BCUT2D eigenvalue weighted by molar-refractivity contribution is -0.129. The van der Waals surface area contributed by atoms with Gasteiger partial charge in [0.15, 0.2) is 0 Å². The summed E-state index contributed by atoms with van der Waals surface area (Å²) < 4.78 is 7.74. The molecule has 1 unspecified atom stereocenters. The van der Waals surface area contributed by atoms with Crippen molar-refractivity contribution < 1.29 is 9.53 Å². The van der Waals surface area contributed by atoms with Crippen LogP contribution in [0.5, 0.6) is 5.75 Å². The molecule has 6 rings (SSSR count). The number of aromatic nitrogens is 4. The van der Waals surface area contributed by atoms with E-state index in [9.17, 15) is 4.79 Å². The molecule has 1 saturated heterocycles. The van der Waals surface area contributed by atoms with Crippen LogP contribution in [-0.2, 0) is 31.1 Å². The van der Waals surface area contributed by atoms with Gasteiger partial charge in [-0.05, 0) is 41.7 Å². The molecule has 1 aliphatic heterocycles. The second-order valence-corrected chi connectivity index (χ2v) is 11.5. The smallest absolute Gasteiger partial charge is 0.227 e. The Kier molecular flexibility index (Phi) is 8.59. The Morgan fingerprint density at radius 1 is 1.16 bits per heavy atom. The van der Waals surface area contributed by atoms with E-state index in [0.717, 1.165) is 76.6 Å². The molecule has 3 heterocycles. The maximum Gasteiger partial charge on any atom is 0.227 e. The van der Waals surface area contributed by atoms with Gasteiger partial charge in [-0.3, -0.25) is 14.5 Å². The maximum absolute atomic E-state index is 11.7. The Balaban J connectivity index is 1.26. The van der Waals surface area contributed by atoms with E-state index in [4.69, 9.17) is 20.2 Å². The quantitative estimate of drug-likeness (QED) is 0.271. The maximum atomic E-state index is 11.7. The van der Waals surface area contributed by atoms with Crippen molar-refractivity contribution in [2.24, 2.45) is 12.0 Å². The number of hydrogen-bond donors (Lipinski definition) is 2. The summed E-state index contributed by atoms with van der Waals surface area (Å²) in [6.45, 7) is 4.60. The first-order valence-corrected chi connectivity index (χ1v) is 15.3. The topological polar surface area (TPSA) is 125 Å². The van der Waals surface area contributed by atoms with Crippen LogP contribution < -0.4 is 15.0 Å². The normalized spacial score (nSPS) is 15.0. The van der Waals surface area contributed by atoms with Crippen molar-refractivity contribution in [2.75, 3.05) is 50.6 Å². The molecular formula is C34H39N9O2. The van der Waals surface area contributed by atoms with E-state index in [-0.39, 0.29) is 11.8 Å². The van der Waals surface area contributed by atoms with Crippen molar-refractivity contribution in [3.8, 4) is 17.0 Å². The van der Waals surface area contributed by atoms with Crippen molar-refractivity contribution in [3.63, 3.8) is 0 Å². The largest absolute Gasteiger partial charge is 0.494 e. The van der Waals surface area contributed by atoms with E-state index in [1.165, 1.54) is 6.21 Å². The molecule has 0 saturated carbocycles. The second kappa shape index (κ2) is 12.9. The molecule has 1 amide bonds. The Morgan fingerprint density at radius 3 is 2.71 bits per heavy atom. The zero-order valence-electron chi connectivity index (χ0n) is 26.2. The summed E-state index contributed by atoms with van der Waals surface area (Å²) in [7, 11) is 5.39. The molecule has 11 heteroatoms. The molecule has 45 heavy (non-hydrogen) atoms. The van der Waals surface area contributed by atoms with Crippen LogP contribution in [0, 0.1) is 5.41 Å². The Hall–Kier alpha value is -5.06. The number of hydrogen-bond acceptors (Lipinski definition) is 9. The summed E-state index contributed by atoms with van der Waals surface area (Å²) in [6.07, 6.45) is 7.48. The number of carbonyl (C=O) groups is 1. The van der Waals surface area contributed by atoms with E-state index < -0.39 is 0 Å². The van der Waals surface area contributed by atoms with Crippen LogP contribution in [0.15, 0.2) is 53.7 Å². The van der Waals surface area contributed by atoms with Gasteiger partial charge in [-0.15, -0.1) is 0 Å². The monoisotopic (exact) mass is 605 g/mol. The van der Waals surface area contributed by atoms with Gasteiger partial charge in [0, 0.05) is 89.6 Å². The summed E-state index contributed by atoms with van der Waals surface area (Å²) in [5, 5.41) is 16.1.